The van der Waals surface area contributed by atoms with Crippen molar-refractivity contribution in [2.45, 2.75) is 57.1 Å². The number of aliphatic imine (C=N–C) groups is 1. The van der Waals surface area contributed by atoms with Crippen LogP contribution in [0.2, 0.25) is 0 Å². The van der Waals surface area contributed by atoms with Crippen LogP contribution in [0.3, 0.4) is 0 Å². The molecule has 1 amide bonds. The summed E-state index contributed by atoms with van der Waals surface area (Å²) in [7, 11) is 1.75. The smallest absolute Gasteiger partial charge is 0.255 e. The molecule has 0 aromatic heterocycles. The molecule has 2 aromatic carbocycles. The Bertz CT molecular complexity index is 989. The maximum absolute atomic E-state index is 13.1. The minimum absolute atomic E-state index is 0.00976. The van der Waals surface area contributed by atoms with Gasteiger partial charge in [-0.25, -0.2) is 0 Å². The molecule has 3 rings (SSSR count). The van der Waals surface area contributed by atoms with E-state index in [1.165, 1.54) is 5.56 Å². The van der Waals surface area contributed by atoms with Crippen LogP contribution in [0.15, 0.2) is 59.6 Å². The van der Waals surface area contributed by atoms with E-state index in [4.69, 9.17) is 10.00 Å². The highest BCUT2D eigenvalue weighted by atomic mass is 16.5. The Morgan fingerprint density at radius 2 is 1.82 bits per heavy atom. The second-order valence-electron chi connectivity index (χ2n) is 8.72. The Balaban J connectivity index is 1.74. The number of ether oxygens (including phenoxy) is 1. The third-order valence-corrected chi connectivity index (χ3v) is 6.15. The van der Waals surface area contributed by atoms with E-state index in [1.807, 2.05) is 56.4 Å². The van der Waals surface area contributed by atoms with E-state index in [0.717, 1.165) is 25.7 Å². The van der Waals surface area contributed by atoms with Crippen molar-refractivity contribution < 1.29 is 9.53 Å². The van der Waals surface area contributed by atoms with Crippen LogP contribution >= 0.6 is 0 Å². The molecule has 0 bridgehead atoms. The lowest BCUT2D eigenvalue weighted by atomic mass is 9.68. The summed E-state index contributed by atoms with van der Waals surface area (Å²) in [6, 6.07) is 18.0. The molecule has 3 N–H and O–H groups in total. The van der Waals surface area contributed by atoms with Gasteiger partial charge in [-0.2, -0.15) is 5.26 Å². The Hall–Kier alpha value is -3.53. The number of rotatable bonds is 7. The van der Waals surface area contributed by atoms with Crippen LogP contribution in [-0.2, 0) is 5.41 Å². The zero-order valence-corrected chi connectivity index (χ0v) is 19.6. The second-order valence-corrected chi connectivity index (χ2v) is 8.72. The lowest BCUT2D eigenvalue weighted by Gasteiger charge is -2.41. The van der Waals surface area contributed by atoms with Gasteiger partial charge in [0.15, 0.2) is 0 Å². The number of benzene rings is 2. The average molecular weight is 448 g/mol. The van der Waals surface area contributed by atoms with Crippen molar-refractivity contribution in [3.63, 3.8) is 0 Å². The van der Waals surface area contributed by atoms with Crippen LogP contribution in [0.5, 0.6) is 5.75 Å². The van der Waals surface area contributed by atoms with Gasteiger partial charge in [0.25, 0.3) is 5.91 Å². The van der Waals surface area contributed by atoms with Crippen molar-refractivity contribution in [2.24, 2.45) is 4.99 Å². The van der Waals surface area contributed by atoms with Gasteiger partial charge in [0.1, 0.15) is 5.75 Å². The first kappa shape index (κ1) is 24.1. The second kappa shape index (κ2) is 11.4. The molecule has 1 aliphatic carbocycles. The average Bonchev–Trinajstić information content (AvgIpc) is 2.84. The number of nitrogens with zero attached hydrogens (tertiary/aromatic N) is 2. The van der Waals surface area contributed by atoms with E-state index in [0.29, 0.717) is 23.8 Å². The van der Waals surface area contributed by atoms with E-state index < -0.39 is 0 Å². The van der Waals surface area contributed by atoms with Crippen LogP contribution in [0.1, 0.15) is 55.5 Å². The summed E-state index contributed by atoms with van der Waals surface area (Å²) in [4.78, 5) is 16.9. The summed E-state index contributed by atoms with van der Waals surface area (Å²) in [5.41, 5.74) is 1.63. The topological polar surface area (TPSA) is 98.5 Å². The molecule has 0 atom stereocenters. The van der Waals surface area contributed by atoms with Crippen LogP contribution in [0, 0.1) is 11.5 Å². The molecule has 0 spiro atoms. The standard InChI is InChI=1S/C26H33N5O2/c1-19(2)33-23-12-8-7-11-22(23)24(32)29-17-26(20-9-5-4-6-10-20)15-13-21(14-16-26)31-25(28-3)30-18-27/h4-12,19,21H,13-17H2,1-3H3,(H,29,32)(H2,28,30,31). The van der Waals surface area contributed by atoms with E-state index in [9.17, 15) is 4.79 Å². The molecular weight excluding hydrogens is 414 g/mol. The Morgan fingerprint density at radius 3 is 2.45 bits per heavy atom. The monoisotopic (exact) mass is 447 g/mol. The SMILES string of the molecule is CN/C(=N\C#N)NC1CCC(CNC(=O)c2ccccc2OC(C)C)(c2ccccc2)CC1. The fourth-order valence-electron chi connectivity index (χ4n) is 4.43. The summed E-state index contributed by atoms with van der Waals surface area (Å²) >= 11 is 0. The number of nitriles is 1. The lowest BCUT2D eigenvalue weighted by molar-refractivity contribution is 0.0929. The van der Waals surface area contributed by atoms with Crippen molar-refractivity contribution in [2.75, 3.05) is 13.6 Å². The molecule has 0 unspecified atom stereocenters. The van der Waals surface area contributed by atoms with E-state index >= 15 is 0 Å². The number of carbonyl (C=O) groups is 1. The van der Waals surface area contributed by atoms with E-state index in [2.05, 4.69) is 33.1 Å². The molecule has 7 heteroatoms. The molecule has 0 saturated heterocycles. The van der Waals surface area contributed by atoms with Gasteiger partial charge in [0.2, 0.25) is 12.2 Å². The Labute approximate surface area is 196 Å². The molecule has 33 heavy (non-hydrogen) atoms. The van der Waals surface area contributed by atoms with Crippen molar-refractivity contribution in [1.29, 1.82) is 5.26 Å². The molecule has 0 radical (unpaired) electrons. The number of amides is 1. The largest absolute Gasteiger partial charge is 0.490 e. The zero-order chi connectivity index (χ0) is 23.7. The summed E-state index contributed by atoms with van der Waals surface area (Å²) in [6.07, 6.45) is 5.43. The predicted octanol–water partition coefficient (Wildman–Crippen LogP) is 3.73. The van der Waals surface area contributed by atoms with Gasteiger partial charge in [0, 0.05) is 25.0 Å². The lowest BCUT2D eigenvalue weighted by Crippen LogP contribution is -2.49. The Kier molecular flexibility index (Phi) is 8.31. The zero-order valence-electron chi connectivity index (χ0n) is 19.6. The molecule has 174 valence electrons. The number of hydrogen-bond acceptors (Lipinski definition) is 4. The maximum Gasteiger partial charge on any atom is 0.255 e. The highest BCUT2D eigenvalue weighted by molar-refractivity contribution is 5.97. The quantitative estimate of drug-likeness (QED) is 0.341. The van der Waals surface area contributed by atoms with Gasteiger partial charge in [-0.05, 0) is 57.2 Å². The fraction of sp³-hybridized carbons (Fsp3) is 0.423. The summed E-state index contributed by atoms with van der Waals surface area (Å²) in [5, 5.41) is 18.3. The fourth-order valence-corrected chi connectivity index (χ4v) is 4.43. The minimum atomic E-state index is -0.158. The van der Waals surface area contributed by atoms with E-state index in [1.54, 1.807) is 13.1 Å². The van der Waals surface area contributed by atoms with Crippen LogP contribution in [0.25, 0.3) is 0 Å². The van der Waals surface area contributed by atoms with Crippen molar-refractivity contribution in [1.82, 2.24) is 16.0 Å². The molecule has 1 fully saturated rings. The predicted molar refractivity (Wildman–Crippen MR) is 130 cm³/mol. The van der Waals surface area contributed by atoms with Gasteiger partial charge in [0.05, 0.1) is 11.7 Å². The number of nitrogens with one attached hydrogen (secondary N) is 3. The van der Waals surface area contributed by atoms with Gasteiger partial charge in [-0.1, -0.05) is 42.5 Å². The van der Waals surface area contributed by atoms with Crippen LogP contribution in [0.4, 0.5) is 0 Å². The molecule has 1 aliphatic rings. The molecule has 2 aromatic rings. The first-order valence-corrected chi connectivity index (χ1v) is 11.5. The molecule has 1 saturated carbocycles. The van der Waals surface area contributed by atoms with Crippen LogP contribution < -0.4 is 20.7 Å². The highest BCUT2D eigenvalue weighted by Crippen LogP contribution is 2.39. The Morgan fingerprint density at radius 1 is 1.15 bits per heavy atom. The van der Waals surface area contributed by atoms with Gasteiger partial charge < -0.3 is 20.7 Å². The van der Waals surface area contributed by atoms with Crippen molar-refractivity contribution >= 4 is 11.9 Å². The first-order chi connectivity index (χ1) is 16.0. The highest BCUT2D eigenvalue weighted by Gasteiger charge is 2.37. The first-order valence-electron chi connectivity index (χ1n) is 11.5. The van der Waals surface area contributed by atoms with Crippen molar-refractivity contribution in [3.05, 3.63) is 65.7 Å². The number of guanidine groups is 1. The minimum Gasteiger partial charge on any atom is -0.490 e. The number of carbonyl (C=O) groups excluding carboxylic acids is 1. The van der Waals surface area contributed by atoms with E-state index in [-0.39, 0.29) is 23.5 Å². The molecule has 0 heterocycles. The molecule has 0 aliphatic heterocycles. The van der Waals surface area contributed by atoms with Gasteiger partial charge in [-0.3, -0.25) is 4.79 Å². The molecular formula is C26H33N5O2. The van der Waals surface area contributed by atoms with Gasteiger partial charge >= 0.3 is 0 Å². The summed E-state index contributed by atoms with van der Waals surface area (Å²) in [5.74, 6) is 0.966. The normalized spacial score (nSPS) is 20.6. The third kappa shape index (κ3) is 6.26. The number of hydrogen-bond donors (Lipinski definition) is 3. The molecule has 7 nitrogen and oxygen atoms in total. The maximum atomic E-state index is 13.1. The summed E-state index contributed by atoms with van der Waals surface area (Å²) < 4.78 is 5.84. The number of para-hydroxylation sites is 1. The summed E-state index contributed by atoms with van der Waals surface area (Å²) in [6.45, 7) is 4.45. The van der Waals surface area contributed by atoms with Gasteiger partial charge in [-0.15, -0.1) is 4.99 Å². The third-order valence-electron chi connectivity index (χ3n) is 6.15. The van der Waals surface area contributed by atoms with Crippen LogP contribution in [-0.4, -0.2) is 37.6 Å². The van der Waals surface area contributed by atoms with Crippen molar-refractivity contribution in [3.8, 4) is 11.9 Å².